The second-order valence-corrected chi connectivity index (χ2v) is 2.40. The van der Waals surface area contributed by atoms with Crippen molar-refractivity contribution in [3.05, 3.63) is 0 Å². The van der Waals surface area contributed by atoms with E-state index < -0.39 is 29.0 Å². The first-order valence-corrected chi connectivity index (χ1v) is 5.53. The first kappa shape index (κ1) is 17.4. The molecule has 9 heteroatoms. The average Bonchev–Trinajstić information content (AvgIpc) is 1.25. The molecule has 0 aromatic carbocycles. The molecule has 0 atom stereocenters. The van der Waals surface area contributed by atoms with Crippen LogP contribution >= 0.6 is 0 Å². The maximum Gasteiger partial charge on any atom is 1.00 e. The van der Waals surface area contributed by atoms with Crippen molar-refractivity contribution >= 4 is 29.0 Å². The zero-order chi connectivity index (χ0) is 7.15. The molecule has 0 aromatic heterocycles. The molecule has 0 aliphatic heterocycles. The van der Waals surface area contributed by atoms with Gasteiger partial charge in [0.15, 0.2) is 0 Å². The third kappa shape index (κ3) is 135. The summed E-state index contributed by atoms with van der Waals surface area (Å²) in [4.78, 5) is 0. The van der Waals surface area contributed by atoms with Crippen LogP contribution in [0.5, 0.6) is 0 Å². The fraction of sp³-hybridized carbons (Fsp3) is 0. The molecule has 0 aliphatic rings. The zero-order valence-corrected chi connectivity index (χ0v) is 12.8. The molecule has 0 bridgehead atoms. The minimum atomic E-state index is -3.29. The fourth-order valence-electron chi connectivity index (χ4n) is 0. The van der Waals surface area contributed by atoms with Crippen molar-refractivity contribution in [2.75, 3.05) is 0 Å². The van der Waals surface area contributed by atoms with E-state index in [1.165, 1.54) is 0 Å². The summed E-state index contributed by atoms with van der Waals surface area (Å²) >= 11 is -6.58. The maximum atomic E-state index is 8.76. The second kappa shape index (κ2) is 12.9. The molecule has 0 amide bonds. The van der Waals surface area contributed by atoms with Gasteiger partial charge in [-0.1, -0.05) is 0 Å². The summed E-state index contributed by atoms with van der Waals surface area (Å²) in [5.41, 5.74) is 0. The van der Waals surface area contributed by atoms with Crippen LogP contribution in [0.2, 0.25) is 0 Å². The van der Waals surface area contributed by atoms with Gasteiger partial charge < -0.3 is 0 Å². The first-order valence-electron chi connectivity index (χ1n) is 1.06. The maximum absolute atomic E-state index is 8.76. The van der Waals surface area contributed by atoms with E-state index in [4.69, 9.17) is 24.4 Å². The molecular weight excluding hydrogens is 339 g/mol. The Morgan fingerprint density at radius 2 is 0.778 bits per heavy atom. The molecule has 0 spiro atoms. The minimum Gasteiger partial charge on any atom is 1.00 e. The standard InChI is InChI=1S/2H2O3Se.Rb/c2*1-4(2)3;/h2*(H2,1,2,3);/q;;+1. The molecule has 0 fully saturated rings. The van der Waals surface area contributed by atoms with E-state index in [9.17, 15) is 0 Å². The Balaban J connectivity index is -0.0000000720. The van der Waals surface area contributed by atoms with Crippen LogP contribution in [0.3, 0.4) is 0 Å². The SMILES string of the molecule is O=[Se](O)O.O=[Se](O)O.[Rb+]. The van der Waals surface area contributed by atoms with Crippen molar-refractivity contribution < 1.29 is 82.6 Å². The van der Waals surface area contributed by atoms with Crippen LogP contribution in [0.1, 0.15) is 0 Å². The molecule has 4 N–H and O–H groups in total. The summed E-state index contributed by atoms with van der Waals surface area (Å²) < 4.78 is 46.2. The molecule has 0 unspecified atom stereocenters. The molecular formula is H4O6RbSe2+. The Hall–Kier alpha value is 2.28. The first-order chi connectivity index (χ1) is 3.46. The number of hydrogen-bond acceptors (Lipinski definition) is 2. The van der Waals surface area contributed by atoms with Gasteiger partial charge in [-0.2, -0.15) is 0 Å². The summed E-state index contributed by atoms with van der Waals surface area (Å²) in [6.07, 6.45) is 0. The molecule has 0 heterocycles. The molecule has 0 saturated heterocycles. The molecule has 0 radical (unpaired) electrons. The van der Waals surface area contributed by atoms with Gasteiger partial charge in [-0.05, 0) is 0 Å². The number of rotatable bonds is 0. The van der Waals surface area contributed by atoms with E-state index in [1.807, 2.05) is 0 Å². The molecule has 0 saturated carbocycles. The average molecular weight is 343 g/mol. The Morgan fingerprint density at radius 3 is 0.778 bits per heavy atom. The van der Waals surface area contributed by atoms with Crippen molar-refractivity contribution in [1.29, 1.82) is 0 Å². The predicted octanol–water partition coefficient (Wildman–Crippen LogP) is -6.22. The Kier molecular flexibility index (Phi) is 25.0. The summed E-state index contributed by atoms with van der Waals surface area (Å²) in [6.45, 7) is 0. The largest absolute Gasteiger partial charge is 1.00 e. The van der Waals surface area contributed by atoms with Gasteiger partial charge in [0.25, 0.3) is 0 Å². The smallest absolute Gasteiger partial charge is 1.00 e. The van der Waals surface area contributed by atoms with Gasteiger partial charge in [-0.25, -0.2) is 0 Å². The molecule has 9 heavy (non-hydrogen) atoms. The Bertz CT molecular complexity index is 69.1. The summed E-state index contributed by atoms with van der Waals surface area (Å²) in [5.74, 6) is 0. The van der Waals surface area contributed by atoms with Gasteiger partial charge in [0.05, 0.1) is 0 Å². The van der Waals surface area contributed by atoms with Gasteiger partial charge in [0.2, 0.25) is 0 Å². The van der Waals surface area contributed by atoms with E-state index in [-0.39, 0.29) is 58.2 Å². The van der Waals surface area contributed by atoms with E-state index in [2.05, 4.69) is 0 Å². The van der Waals surface area contributed by atoms with Crippen LogP contribution in [0, 0.1) is 0 Å². The predicted molar refractivity (Wildman–Crippen MR) is 21.8 cm³/mol. The third-order valence-electron chi connectivity index (χ3n) is 0. The van der Waals surface area contributed by atoms with Crippen LogP contribution < -0.4 is 58.2 Å². The van der Waals surface area contributed by atoms with Crippen molar-refractivity contribution in [1.82, 2.24) is 0 Å². The van der Waals surface area contributed by atoms with Gasteiger partial charge in [0, 0.05) is 0 Å². The summed E-state index contributed by atoms with van der Waals surface area (Å²) in [7, 11) is 0. The molecule has 52 valence electrons. The van der Waals surface area contributed by atoms with Crippen LogP contribution in [0.15, 0.2) is 0 Å². The fourth-order valence-corrected chi connectivity index (χ4v) is 0. The summed E-state index contributed by atoms with van der Waals surface area (Å²) in [6, 6.07) is 0. The minimum absolute atomic E-state index is 0. The normalized spacial score (nSPS) is 7.78. The molecule has 0 aromatic rings. The van der Waals surface area contributed by atoms with Gasteiger partial charge >= 0.3 is 112 Å². The van der Waals surface area contributed by atoms with E-state index in [0.29, 0.717) is 0 Å². The Morgan fingerprint density at radius 1 is 0.778 bits per heavy atom. The van der Waals surface area contributed by atoms with Crippen molar-refractivity contribution in [2.24, 2.45) is 0 Å². The van der Waals surface area contributed by atoms with Crippen LogP contribution in [0.4, 0.5) is 0 Å². The topological polar surface area (TPSA) is 115 Å². The molecule has 0 aliphatic carbocycles. The van der Waals surface area contributed by atoms with Gasteiger partial charge in [-0.3, -0.25) is 0 Å². The molecule has 6 nitrogen and oxygen atoms in total. The van der Waals surface area contributed by atoms with Crippen LogP contribution in [0.25, 0.3) is 0 Å². The van der Waals surface area contributed by atoms with E-state index in [0.717, 1.165) is 0 Å². The van der Waals surface area contributed by atoms with Gasteiger partial charge in [-0.15, -0.1) is 0 Å². The quantitative estimate of drug-likeness (QED) is 0.325. The monoisotopic (exact) mass is 345 g/mol. The second-order valence-electron chi connectivity index (χ2n) is 0.461. The van der Waals surface area contributed by atoms with E-state index >= 15 is 0 Å². The van der Waals surface area contributed by atoms with E-state index in [1.54, 1.807) is 0 Å². The zero-order valence-electron chi connectivity index (χ0n) is 4.42. The Labute approximate surface area is 109 Å². The van der Waals surface area contributed by atoms with Gasteiger partial charge in [0.1, 0.15) is 0 Å². The van der Waals surface area contributed by atoms with Crippen LogP contribution in [-0.4, -0.2) is 45.7 Å². The van der Waals surface area contributed by atoms with Crippen molar-refractivity contribution in [3.63, 3.8) is 0 Å². The third-order valence-corrected chi connectivity index (χ3v) is 0. The van der Waals surface area contributed by atoms with Crippen molar-refractivity contribution in [3.8, 4) is 0 Å². The molecule has 0 rings (SSSR count). The number of hydrogen-bond donors (Lipinski definition) is 4. The van der Waals surface area contributed by atoms with Crippen molar-refractivity contribution in [2.45, 2.75) is 0 Å². The summed E-state index contributed by atoms with van der Waals surface area (Å²) in [5, 5.41) is 0. The van der Waals surface area contributed by atoms with Crippen LogP contribution in [-0.2, 0) is 7.67 Å².